The lowest BCUT2D eigenvalue weighted by atomic mass is 10.1. The summed E-state index contributed by atoms with van der Waals surface area (Å²) < 4.78 is 30.2. The molecule has 0 rings (SSSR count). The molecule has 3 atom stereocenters. The fourth-order valence-electron chi connectivity index (χ4n) is 7.28. The first-order valence-electron chi connectivity index (χ1n) is 28.7. The molecular formula is C64H105N2O7P. The van der Waals surface area contributed by atoms with E-state index in [1.54, 1.807) is 6.08 Å². The molecule has 0 aromatic carbocycles. The van der Waals surface area contributed by atoms with Gasteiger partial charge >= 0.3 is 5.97 Å². The van der Waals surface area contributed by atoms with Gasteiger partial charge in [0.2, 0.25) is 5.91 Å². The lowest BCUT2D eigenvalue weighted by molar-refractivity contribution is -0.870. The van der Waals surface area contributed by atoms with Crippen LogP contribution in [0.25, 0.3) is 0 Å². The van der Waals surface area contributed by atoms with E-state index in [1.807, 2.05) is 88.0 Å². The summed E-state index contributed by atoms with van der Waals surface area (Å²) in [6, 6.07) is -0.935. The van der Waals surface area contributed by atoms with Crippen molar-refractivity contribution in [3.8, 4) is 0 Å². The smallest absolute Gasteiger partial charge is 0.306 e. The van der Waals surface area contributed by atoms with Crippen LogP contribution in [0.3, 0.4) is 0 Å². The molecule has 0 saturated heterocycles. The quantitative estimate of drug-likeness (QED) is 0.0161. The minimum Gasteiger partial charge on any atom is -0.756 e. The molecule has 418 valence electrons. The summed E-state index contributed by atoms with van der Waals surface area (Å²) in [6.45, 7) is 6.48. The predicted molar refractivity (Wildman–Crippen MR) is 316 cm³/mol. The van der Waals surface area contributed by atoms with Crippen LogP contribution in [0.4, 0.5) is 0 Å². The number of unbranched alkanes of at least 4 members (excludes halogenated alkanes) is 16. The standard InChI is InChI=1S/C64H105N2O7P/c1-7-10-13-16-19-22-25-28-30-32-33-35-36-38-41-44-47-50-53-56-63(67)65-61(60-72-74(69,70)71-59-58-66(4,5)6)62(55-52-49-46-43-40-27-24-21-18-15-12-9-3)73-64(68)57-54-51-48-45-42-39-37-34-31-29-26-23-20-17-14-11-8-2/h10-11,13-14,17,19-20,22-23,26,28-31,33-35,37-39,41-42,52,55,61-62H,7-9,12,15-16,18,21,24-25,27,32,36,40,43-51,53-54,56-60H2,1-6H3,(H-,65,67,69,70)/b13-10-,14-11-,20-17+,22-19-,26-23+,30-28-,31-29-,35-33-,37-34+,41-38-,42-39+,55-52+. The number of carbonyl (C=O) groups excluding carboxylic acids is 2. The van der Waals surface area contributed by atoms with Gasteiger partial charge in [0.1, 0.15) is 19.3 Å². The second-order valence-electron chi connectivity index (χ2n) is 19.8. The van der Waals surface area contributed by atoms with Crippen molar-refractivity contribution < 1.29 is 37.3 Å². The molecule has 0 bridgehead atoms. The lowest BCUT2D eigenvalue weighted by Gasteiger charge is -2.30. The minimum atomic E-state index is -4.73. The molecule has 0 fully saturated rings. The van der Waals surface area contributed by atoms with E-state index in [9.17, 15) is 19.0 Å². The number of hydrogen-bond donors (Lipinski definition) is 1. The van der Waals surface area contributed by atoms with Crippen LogP contribution in [0.15, 0.2) is 146 Å². The molecule has 0 heterocycles. The number of hydrogen-bond acceptors (Lipinski definition) is 7. The van der Waals surface area contributed by atoms with Gasteiger partial charge in [0.05, 0.1) is 33.8 Å². The molecule has 1 amide bonds. The summed E-state index contributed by atoms with van der Waals surface area (Å²) in [4.78, 5) is 39.9. The maximum absolute atomic E-state index is 13.5. The Morgan fingerprint density at radius 1 is 0.500 bits per heavy atom. The summed E-state index contributed by atoms with van der Waals surface area (Å²) in [6.07, 6.45) is 75.3. The molecular weight excluding hydrogens is 940 g/mol. The second kappa shape index (κ2) is 52.3. The van der Waals surface area contributed by atoms with Crippen LogP contribution in [-0.4, -0.2) is 69.4 Å². The summed E-state index contributed by atoms with van der Waals surface area (Å²) in [5, 5.41) is 2.98. The molecule has 0 aliphatic rings. The van der Waals surface area contributed by atoms with E-state index in [1.165, 1.54) is 51.4 Å². The summed E-state index contributed by atoms with van der Waals surface area (Å²) >= 11 is 0. The molecule has 74 heavy (non-hydrogen) atoms. The van der Waals surface area contributed by atoms with Gasteiger partial charge in [-0.05, 0) is 96.0 Å². The largest absolute Gasteiger partial charge is 0.756 e. The molecule has 0 aliphatic heterocycles. The molecule has 3 unspecified atom stereocenters. The van der Waals surface area contributed by atoms with Crippen LogP contribution in [0.1, 0.15) is 194 Å². The number of amides is 1. The van der Waals surface area contributed by atoms with Crippen molar-refractivity contribution in [2.45, 2.75) is 206 Å². The van der Waals surface area contributed by atoms with Gasteiger partial charge in [0.25, 0.3) is 7.82 Å². The first-order valence-corrected chi connectivity index (χ1v) is 30.2. The number of phosphoric ester groups is 1. The van der Waals surface area contributed by atoms with Gasteiger partial charge in [-0.15, -0.1) is 0 Å². The summed E-state index contributed by atoms with van der Waals surface area (Å²) in [7, 11) is 1.11. The topological polar surface area (TPSA) is 114 Å². The van der Waals surface area contributed by atoms with Crippen molar-refractivity contribution in [2.24, 2.45) is 0 Å². The number of phosphoric acid groups is 1. The number of rotatable bonds is 49. The maximum atomic E-state index is 13.5. The molecule has 1 N–H and O–H groups in total. The lowest BCUT2D eigenvalue weighted by Crippen LogP contribution is -2.47. The fraction of sp³-hybridized carbons (Fsp3) is 0.594. The van der Waals surface area contributed by atoms with Crippen LogP contribution >= 0.6 is 7.82 Å². The van der Waals surface area contributed by atoms with Crippen molar-refractivity contribution in [3.63, 3.8) is 0 Å². The van der Waals surface area contributed by atoms with E-state index in [2.05, 4.69) is 99.0 Å². The van der Waals surface area contributed by atoms with Gasteiger partial charge in [-0.25, -0.2) is 0 Å². The van der Waals surface area contributed by atoms with Gasteiger partial charge in [0, 0.05) is 12.8 Å². The van der Waals surface area contributed by atoms with Crippen molar-refractivity contribution in [1.29, 1.82) is 0 Å². The maximum Gasteiger partial charge on any atom is 0.306 e. The Balaban J connectivity index is 5.51. The van der Waals surface area contributed by atoms with E-state index < -0.39 is 32.5 Å². The Morgan fingerprint density at radius 2 is 0.932 bits per heavy atom. The third kappa shape index (κ3) is 52.7. The number of allylic oxidation sites excluding steroid dienone is 23. The number of quaternary nitrogens is 1. The van der Waals surface area contributed by atoms with E-state index >= 15 is 0 Å². The van der Waals surface area contributed by atoms with Crippen molar-refractivity contribution >= 4 is 19.7 Å². The Labute approximate surface area is 453 Å². The number of ether oxygens (including phenoxy) is 1. The zero-order valence-electron chi connectivity index (χ0n) is 47.5. The van der Waals surface area contributed by atoms with Crippen LogP contribution in [0, 0.1) is 0 Å². The van der Waals surface area contributed by atoms with Crippen molar-refractivity contribution in [2.75, 3.05) is 40.9 Å². The highest BCUT2D eigenvalue weighted by atomic mass is 31.2. The Bertz CT molecular complexity index is 1770. The molecule has 0 spiro atoms. The number of carbonyl (C=O) groups is 2. The first-order chi connectivity index (χ1) is 35.9. The van der Waals surface area contributed by atoms with Gasteiger partial charge < -0.3 is 28.5 Å². The molecule has 0 aromatic heterocycles. The van der Waals surface area contributed by atoms with Crippen LogP contribution in [0.5, 0.6) is 0 Å². The highest BCUT2D eigenvalue weighted by Gasteiger charge is 2.27. The van der Waals surface area contributed by atoms with E-state index in [4.69, 9.17) is 13.8 Å². The summed E-state index contributed by atoms with van der Waals surface area (Å²) in [5.41, 5.74) is 0. The zero-order valence-corrected chi connectivity index (χ0v) is 48.4. The van der Waals surface area contributed by atoms with Gasteiger partial charge in [-0.2, -0.15) is 0 Å². The third-order valence-corrected chi connectivity index (χ3v) is 12.6. The van der Waals surface area contributed by atoms with Crippen LogP contribution < -0.4 is 10.2 Å². The summed E-state index contributed by atoms with van der Waals surface area (Å²) in [5.74, 6) is -0.645. The number of esters is 1. The molecule has 10 heteroatoms. The van der Waals surface area contributed by atoms with Gasteiger partial charge in [0.15, 0.2) is 0 Å². The zero-order chi connectivity index (χ0) is 54.3. The second-order valence-corrected chi connectivity index (χ2v) is 21.2. The number of nitrogens with zero attached hydrogens (tertiary/aromatic N) is 1. The molecule has 0 radical (unpaired) electrons. The van der Waals surface area contributed by atoms with E-state index in [0.29, 0.717) is 23.9 Å². The Hall–Kier alpha value is -4.11. The van der Waals surface area contributed by atoms with E-state index in [0.717, 1.165) is 96.3 Å². The molecule has 9 nitrogen and oxygen atoms in total. The highest BCUT2D eigenvalue weighted by Crippen LogP contribution is 2.38. The normalized spacial score (nSPS) is 14.9. The molecule has 0 aromatic rings. The Morgan fingerprint density at radius 3 is 1.46 bits per heavy atom. The molecule has 0 saturated carbocycles. The number of likely N-dealkylation sites (N-methyl/N-ethyl adjacent to an activating group) is 1. The average Bonchev–Trinajstić information content (AvgIpc) is 3.36. The minimum absolute atomic E-state index is 0.0459. The average molecular weight is 1050 g/mol. The Kier molecular flexibility index (Phi) is 49.4. The highest BCUT2D eigenvalue weighted by molar-refractivity contribution is 7.45. The first kappa shape index (κ1) is 69.9. The van der Waals surface area contributed by atoms with Gasteiger partial charge in [-0.1, -0.05) is 231 Å². The van der Waals surface area contributed by atoms with E-state index in [-0.39, 0.29) is 25.4 Å². The third-order valence-electron chi connectivity index (χ3n) is 11.7. The molecule has 0 aliphatic carbocycles. The number of nitrogens with one attached hydrogen (secondary N) is 1. The fourth-order valence-corrected chi connectivity index (χ4v) is 8.01. The predicted octanol–water partition coefficient (Wildman–Crippen LogP) is 16.9. The van der Waals surface area contributed by atoms with Crippen molar-refractivity contribution in [3.05, 3.63) is 146 Å². The van der Waals surface area contributed by atoms with Gasteiger partial charge in [-0.3, -0.25) is 14.2 Å². The van der Waals surface area contributed by atoms with Crippen LogP contribution in [0.2, 0.25) is 0 Å². The van der Waals surface area contributed by atoms with Crippen LogP contribution in [-0.2, 0) is 27.9 Å². The monoisotopic (exact) mass is 1040 g/mol. The SMILES string of the molecule is CC\C=C/C=C/C=C/C=C\C=C\C=C\CCCCCC(=O)OC(/C=C/CCCCCCCCCCCC)C(COP(=O)([O-])OCC[N+](C)(C)C)NC(=O)CCCCC/C=C\C/C=C\C/C=C\C/C=C\C/C=C\CC. The van der Waals surface area contributed by atoms with Crippen molar-refractivity contribution in [1.82, 2.24) is 5.32 Å².